The van der Waals surface area contributed by atoms with Gasteiger partial charge in [-0.15, -0.1) is 0 Å². The highest BCUT2D eigenvalue weighted by molar-refractivity contribution is 4.86. The van der Waals surface area contributed by atoms with E-state index in [1.165, 1.54) is 65.2 Å². The number of nitrogens with zero attached hydrogens (tertiary/aromatic N) is 2. The summed E-state index contributed by atoms with van der Waals surface area (Å²) < 4.78 is 0. The molecule has 0 saturated carbocycles. The second-order valence-electron chi connectivity index (χ2n) is 5.80. The van der Waals surface area contributed by atoms with Crippen molar-refractivity contribution in [1.82, 2.24) is 15.1 Å². The van der Waals surface area contributed by atoms with Gasteiger partial charge in [-0.2, -0.15) is 0 Å². The molecule has 2 aliphatic heterocycles. The number of rotatable bonds is 3. The van der Waals surface area contributed by atoms with Crippen LogP contribution in [0.1, 0.15) is 26.7 Å². The number of hydrogen-bond donors (Lipinski definition) is 1. The maximum absolute atomic E-state index is 3.55. The Kier molecular flexibility index (Phi) is 4.22. The SMILES string of the molecule is CCN1CCN(CC2(C)CCCNC2)CC1. The highest BCUT2D eigenvalue weighted by atomic mass is 15.3. The molecule has 3 heteroatoms. The van der Waals surface area contributed by atoms with Gasteiger partial charge in [0.2, 0.25) is 0 Å². The molecular weight excluding hydrogens is 198 g/mol. The van der Waals surface area contributed by atoms with E-state index in [9.17, 15) is 0 Å². The second-order valence-corrected chi connectivity index (χ2v) is 5.80. The summed E-state index contributed by atoms with van der Waals surface area (Å²) in [6.45, 7) is 14.7. The minimum absolute atomic E-state index is 0.520. The average molecular weight is 225 g/mol. The summed E-state index contributed by atoms with van der Waals surface area (Å²) in [4.78, 5) is 5.22. The first-order valence-electron chi connectivity index (χ1n) is 6.87. The van der Waals surface area contributed by atoms with Crippen LogP contribution in [0, 0.1) is 5.41 Å². The Balaban J connectivity index is 1.77. The molecule has 1 atom stereocenters. The monoisotopic (exact) mass is 225 g/mol. The predicted molar refractivity (Wildman–Crippen MR) is 68.8 cm³/mol. The number of hydrogen-bond acceptors (Lipinski definition) is 3. The number of piperazine rings is 1. The van der Waals surface area contributed by atoms with Gasteiger partial charge in [-0.3, -0.25) is 0 Å². The van der Waals surface area contributed by atoms with E-state index < -0.39 is 0 Å². The van der Waals surface area contributed by atoms with Gasteiger partial charge in [0.25, 0.3) is 0 Å². The predicted octanol–water partition coefficient (Wildman–Crippen LogP) is 1.01. The molecule has 0 spiro atoms. The van der Waals surface area contributed by atoms with E-state index in [-0.39, 0.29) is 0 Å². The van der Waals surface area contributed by atoms with E-state index in [4.69, 9.17) is 0 Å². The summed E-state index contributed by atoms with van der Waals surface area (Å²) in [7, 11) is 0. The van der Waals surface area contributed by atoms with Crippen molar-refractivity contribution in [3.05, 3.63) is 0 Å². The van der Waals surface area contributed by atoms with Gasteiger partial charge >= 0.3 is 0 Å². The van der Waals surface area contributed by atoms with Crippen LogP contribution >= 0.6 is 0 Å². The third-order valence-corrected chi connectivity index (χ3v) is 4.20. The van der Waals surface area contributed by atoms with Crippen LogP contribution in [0.25, 0.3) is 0 Å². The van der Waals surface area contributed by atoms with Crippen molar-refractivity contribution in [1.29, 1.82) is 0 Å². The van der Waals surface area contributed by atoms with Gasteiger partial charge in [0.1, 0.15) is 0 Å². The maximum Gasteiger partial charge on any atom is 0.0110 e. The average Bonchev–Trinajstić information content (AvgIpc) is 2.30. The summed E-state index contributed by atoms with van der Waals surface area (Å²) in [5.74, 6) is 0. The van der Waals surface area contributed by atoms with Gasteiger partial charge in [-0.1, -0.05) is 13.8 Å². The lowest BCUT2D eigenvalue weighted by Gasteiger charge is -2.42. The molecule has 0 aromatic heterocycles. The Morgan fingerprint density at radius 1 is 1.12 bits per heavy atom. The van der Waals surface area contributed by atoms with Crippen molar-refractivity contribution in [2.45, 2.75) is 26.7 Å². The number of nitrogens with one attached hydrogen (secondary N) is 1. The molecule has 94 valence electrons. The van der Waals surface area contributed by atoms with Crippen LogP contribution in [0.4, 0.5) is 0 Å². The Morgan fingerprint density at radius 2 is 1.81 bits per heavy atom. The van der Waals surface area contributed by atoms with Crippen LogP contribution in [0.5, 0.6) is 0 Å². The largest absolute Gasteiger partial charge is 0.316 e. The first-order valence-corrected chi connectivity index (χ1v) is 6.87. The fraction of sp³-hybridized carbons (Fsp3) is 1.00. The molecule has 0 amide bonds. The van der Waals surface area contributed by atoms with Crippen molar-refractivity contribution in [2.24, 2.45) is 5.41 Å². The Hall–Kier alpha value is -0.120. The van der Waals surface area contributed by atoms with Gasteiger partial charge in [0.15, 0.2) is 0 Å². The summed E-state index contributed by atoms with van der Waals surface area (Å²) in [6.07, 6.45) is 2.75. The zero-order valence-corrected chi connectivity index (χ0v) is 11.0. The van der Waals surface area contributed by atoms with Crippen molar-refractivity contribution < 1.29 is 0 Å². The molecule has 0 aliphatic carbocycles. The lowest BCUT2D eigenvalue weighted by atomic mass is 9.82. The lowest BCUT2D eigenvalue weighted by Crippen LogP contribution is -2.52. The molecule has 2 aliphatic rings. The number of piperidine rings is 1. The summed E-state index contributed by atoms with van der Waals surface area (Å²) in [5, 5.41) is 3.55. The van der Waals surface area contributed by atoms with E-state index >= 15 is 0 Å². The van der Waals surface area contributed by atoms with Crippen LogP contribution < -0.4 is 5.32 Å². The Labute approximate surface area is 100 Å². The van der Waals surface area contributed by atoms with Crippen molar-refractivity contribution in [3.8, 4) is 0 Å². The van der Waals surface area contributed by atoms with Gasteiger partial charge in [-0.05, 0) is 31.3 Å². The summed E-state index contributed by atoms with van der Waals surface area (Å²) >= 11 is 0. The molecule has 1 N–H and O–H groups in total. The third-order valence-electron chi connectivity index (χ3n) is 4.20. The molecule has 0 bridgehead atoms. The molecule has 2 heterocycles. The summed E-state index contributed by atoms with van der Waals surface area (Å²) in [5.41, 5.74) is 0.520. The molecule has 3 nitrogen and oxygen atoms in total. The van der Waals surface area contributed by atoms with Crippen LogP contribution in [0.15, 0.2) is 0 Å². The first-order chi connectivity index (χ1) is 7.72. The van der Waals surface area contributed by atoms with E-state index in [1.54, 1.807) is 0 Å². The molecule has 0 aromatic carbocycles. The lowest BCUT2D eigenvalue weighted by molar-refractivity contribution is 0.0809. The van der Waals surface area contributed by atoms with Gasteiger partial charge in [0.05, 0.1) is 0 Å². The fourth-order valence-electron chi connectivity index (χ4n) is 3.06. The topological polar surface area (TPSA) is 18.5 Å². The van der Waals surface area contributed by atoms with Crippen molar-refractivity contribution >= 4 is 0 Å². The summed E-state index contributed by atoms with van der Waals surface area (Å²) in [6, 6.07) is 0. The van der Waals surface area contributed by atoms with Crippen LogP contribution in [0.3, 0.4) is 0 Å². The molecule has 2 fully saturated rings. The van der Waals surface area contributed by atoms with Crippen LogP contribution in [0.2, 0.25) is 0 Å². The van der Waals surface area contributed by atoms with Crippen LogP contribution in [-0.4, -0.2) is 62.2 Å². The van der Waals surface area contributed by atoms with Crippen molar-refractivity contribution in [2.75, 3.05) is 52.4 Å². The maximum atomic E-state index is 3.55. The van der Waals surface area contributed by atoms with E-state index in [2.05, 4.69) is 29.0 Å². The van der Waals surface area contributed by atoms with Crippen LogP contribution in [-0.2, 0) is 0 Å². The molecular formula is C13H27N3. The molecule has 0 aromatic rings. The minimum Gasteiger partial charge on any atom is -0.316 e. The fourth-order valence-corrected chi connectivity index (χ4v) is 3.06. The smallest absolute Gasteiger partial charge is 0.0110 e. The van der Waals surface area contributed by atoms with E-state index in [0.29, 0.717) is 5.41 Å². The Bertz CT molecular complexity index is 203. The standard InChI is InChI=1S/C13H27N3/c1-3-15-7-9-16(10-8-15)12-13(2)5-4-6-14-11-13/h14H,3-12H2,1-2H3. The quantitative estimate of drug-likeness (QED) is 0.773. The second kappa shape index (κ2) is 5.48. The first kappa shape index (κ1) is 12.3. The zero-order chi connectivity index (χ0) is 11.4. The Morgan fingerprint density at radius 3 is 2.38 bits per heavy atom. The molecule has 2 rings (SSSR count). The molecule has 1 unspecified atom stereocenters. The van der Waals surface area contributed by atoms with E-state index in [0.717, 1.165) is 0 Å². The molecule has 0 radical (unpaired) electrons. The molecule has 16 heavy (non-hydrogen) atoms. The highest BCUT2D eigenvalue weighted by Gasteiger charge is 2.30. The third kappa shape index (κ3) is 3.19. The molecule has 2 saturated heterocycles. The van der Waals surface area contributed by atoms with Crippen molar-refractivity contribution in [3.63, 3.8) is 0 Å². The number of likely N-dealkylation sites (N-methyl/N-ethyl adjacent to an activating group) is 1. The van der Waals surface area contributed by atoms with Gasteiger partial charge in [0, 0.05) is 39.3 Å². The minimum atomic E-state index is 0.520. The highest BCUT2D eigenvalue weighted by Crippen LogP contribution is 2.26. The van der Waals surface area contributed by atoms with Gasteiger partial charge in [-0.25, -0.2) is 0 Å². The van der Waals surface area contributed by atoms with Gasteiger partial charge < -0.3 is 15.1 Å². The van der Waals surface area contributed by atoms with E-state index in [1.807, 2.05) is 0 Å². The zero-order valence-electron chi connectivity index (χ0n) is 11.0. The normalized spacial score (nSPS) is 34.1.